The number of ether oxygens (including phenoxy) is 1. The van der Waals surface area contributed by atoms with E-state index in [0.717, 1.165) is 6.07 Å². The highest BCUT2D eigenvalue weighted by molar-refractivity contribution is 5.97. The van der Waals surface area contributed by atoms with E-state index in [4.69, 9.17) is 5.73 Å². The second-order valence-corrected chi connectivity index (χ2v) is 5.35. The Balaban J connectivity index is 2.53. The number of halogens is 1. The quantitative estimate of drug-likeness (QED) is 0.626. The zero-order valence-corrected chi connectivity index (χ0v) is 12.2. The number of carbonyl (C=O) groups excluding carboxylic acids is 2. The van der Waals surface area contributed by atoms with Gasteiger partial charge in [-0.25, -0.2) is 9.18 Å². The molecule has 1 amide bonds. The number of nitrogens with zero attached hydrogens (tertiary/aromatic N) is 1. The van der Waals surface area contributed by atoms with Gasteiger partial charge in [0.2, 0.25) is 5.91 Å². The SMILES string of the molecule is COC(=O)c1cc(N2CCNC(=O)C2(C)C)c(F)cc1N. The zero-order valence-electron chi connectivity index (χ0n) is 12.2. The Kier molecular flexibility index (Phi) is 3.76. The molecular formula is C14H18FN3O3. The van der Waals surface area contributed by atoms with Crippen molar-refractivity contribution in [1.82, 2.24) is 5.32 Å². The van der Waals surface area contributed by atoms with Gasteiger partial charge in [0.25, 0.3) is 0 Å². The summed E-state index contributed by atoms with van der Waals surface area (Å²) in [6, 6.07) is 2.40. The summed E-state index contributed by atoms with van der Waals surface area (Å²) in [7, 11) is 1.23. The molecule has 21 heavy (non-hydrogen) atoms. The molecule has 6 nitrogen and oxygen atoms in total. The highest BCUT2D eigenvalue weighted by Gasteiger charge is 2.39. The third-order valence-electron chi connectivity index (χ3n) is 3.67. The molecule has 3 N–H and O–H groups in total. The van der Waals surface area contributed by atoms with Crippen LogP contribution < -0.4 is 16.0 Å². The van der Waals surface area contributed by atoms with Crippen LogP contribution in [0.25, 0.3) is 0 Å². The summed E-state index contributed by atoms with van der Waals surface area (Å²) in [4.78, 5) is 25.3. The number of rotatable bonds is 2. The molecule has 0 saturated carbocycles. The van der Waals surface area contributed by atoms with Gasteiger partial charge in [-0.2, -0.15) is 0 Å². The monoisotopic (exact) mass is 295 g/mol. The Morgan fingerprint density at radius 2 is 2.14 bits per heavy atom. The zero-order chi connectivity index (χ0) is 15.8. The van der Waals surface area contributed by atoms with Crippen molar-refractivity contribution in [2.24, 2.45) is 0 Å². The average molecular weight is 295 g/mol. The Morgan fingerprint density at radius 3 is 2.76 bits per heavy atom. The number of amides is 1. The van der Waals surface area contributed by atoms with Gasteiger partial charge in [-0.05, 0) is 26.0 Å². The van der Waals surface area contributed by atoms with Crippen LogP contribution in [0, 0.1) is 5.82 Å². The molecule has 1 aromatic rings. The number of anilines is 2. The molecule has 1 heterocycles. The first kappa shape index (κ1) is 15.1. The minimum Gasteiger partial charge on any atom is -0.465 e. The number of esters is 1. The van der Waals surface area contributed by atoms with E-state index in [-0.39, 0.29) is 22.8 Å². The van der Waals surface area contributed by atoms with E-state index in [1.54, 1.807) is 18.7 Å². The Labute approximate surface area is 122 Å². The molecule has 0 unspecified atom stereocenters. The first-order chi connectivity index (χ1) is 9.78. The fourth-order valence-electron chi connectivity index (χ4n) is 2.39. The predicted molar refractivity (Wildman–Crippen MR) is 76.6 cm³/mol. The molecular weight excluding hydrogens is 277 g/mol. The summed E-state index contributed by atoms with van der Waals surface area (Å²) in [6.45, 7) is 4.21. The van der Waals surface area contributed by atoms with Crippen molar-refractivity contribution >= 4 is 23.3 Å². The molecule has 0 atom stereocenters. The van der Waals surface area contributed by atoms with E-state index in [9.17, 15) is 14.0 Å². The van der Waals surface area contributed by atoms with Gasteiger partial charge in [0.1, 0.15) is 11.4 Å². The first-order valence-electron chi connectivity index (χ1n) is 6.52. The fraction of sp³-hybridized carbons (Fsp3) is 0.429. The average Bonchev–Trinajstić information content (AvgIpc) is 2.42. The fourth-order valence-corrected chi connectivity index (χ4v) is 2.39. The topological polar surface area (TPSA) is 84.7 Å². The Morgan fingerprint density at radius 1 is 1.48 bits per heavy atom. The molecule has 0 aliphatic carbocycles. The number of nitrogens with one attached hydrogen (secondary N) is 1. The second-order valence-electron chi connectivity index (χ2n) is 5.35. The van der Waals surface area contributed by atoms with E-state index in [2.05, 4.69) is 10.1 Å². The smallest absolute Gasteiger partial charge is 0.340 e. The van der Waals surface area contributed by atoms with E-state index >= 15 is 0 Å². The van der Waals surface area contributed by atoms with Crippen LogP contribution in [0.1, 0.15) is 24.2 Å². The Bertz CT molecular complexity index is 601. The third kappa shape index (κ3) is 2.51. The number of nitrogen functional groups attached to an aromatic ring is 1. The molecule has 1 fully saturated rings. The van der Waals surface area contributed by atoms with Gasteiger partial charge in [-0.1, -0.05) is 0 Å². The van der Waals surface area contributed by atoms with Crippen LogP contribution in [0.4, 0.5) is 15.8 Å². The van der Waals surface area contributed by atoms with Crippen molar-refractivity contribution in [1.29, 1.82) is 0 Å². The van der Waals surface area contributed by atoms with Crippen molar-refractivity contribution in [2.45, 2.75) is 19.4 Å². The van der Waals surface area contributed by atoms with Crippen LogP contribution in [0.2, 0.25) is 0 Å². The maximum absolute atomic E-state index is 14.2. The largest absolute Gasteiger partial charge is 0.465 e. The van der Waals surface area contributed by atoms with Gasteiger partial charge in [-0.15, -0.1) is 0 Å². The van der Waals surface area contributed by atoms with Crippen molar-refractivity contribution in [3.63, 3.8) is 0 Å². The van der Waals surface area contributed by atoms with Gasteiger partial charge in [-0.3, -0.25) is 4.79 Å². The van der Waals surface area contributed by atoms with Crippen molar-refractivity contribution in [3.05, 3.63) is 23.5 Å². The maximum Gasteiger partial charge on any atom is 0.340 e. The maximum atomic E-state index is 14.2. The van der Waals surface area contributed by atoms with E-state index < -0.39 is 17.3 Å². The van der Waals surface area contributed by atoms with Crippen LogP contribution in [0.5, 0.6) is 0 Å². The van der Waals surface area contributed by atoms with Gasteiger partial charge < -0.3 is 20.7 Å². The van der Waals surface area contributed by atoms with Crippen molar-refractivity contribution in [2.75, 3.05) is 30.8 Å². The summed E-state index contributed by atoms with van der Waals surface area (Å²) in [5, 5.41) is 2.73. The Hall–Kier alpha value is -2.31. The molecule has 1 aliphatic rings. The summed E-state index contributed by atoms with van der Waals surface area (Å²) >= 11 is 0. The standard InChI is InChI=1S/C14H18FN3O3/c1-14(2)13(20)17-4-5-18(14)11-6-8(12(19)21-3)10(16)7-9(11)15/h6-7H,4-5,16H2,1-3H3,(H,17,20). The molecule has 1 aromatic carbocycles. The van der Waals surface area contributed by atoms with Crippen molar-refractivity contribution < 1.29 is 18.7 Å². The second kappa shape index (κ2) is 5.23. The van der Waals surface area contributed by atoms with E-state index in [0.29, 0.717) is 13.1 Å². The molecule has 114 valence electrons. The number of carbonyl (C=O) groups is 2. The summed E-state index contributed by atoms with van der Waals surface area (Å²) in [5.74, 6) is -1.43. The number of methoxy groups -OCH3 is 1. The molecule has 0 bridgehead atoms. The predicted octanol–water partition coefficient (Wildman–Crippen LogP) is 0.909. The van der Waals surface area contributed by atoms with Gasteiger partial charge in [0.05, 0.1) is 18.4 Å². The van der Waals surface area contributed by atoms with Crippen LogP contribution in [-0.4, -0.2) is 37.6 Å². The molecule has 1 aliphatic heterocycles. The lowest BCUT2D eigenvalue weighted by molar-refractivity contribution is -0.126. The van der Waals surface area contributed by atoms with Crippen LogP contribution in [-0.2, 0) is 9.53 Å². The number of hydrogen-bond acceptors (Lipinski definition) is 5. The number of hydrogen-bond donors (Lipinski definition) is 2. The van der Waals surface area contributed by atoms with Gasteiger partial charge in [0, 0.05) is 18.8 Å². The lowest BCUT2D eigenvalue weighted by Crippen LogP contribution is -2.62. The highest BCUT2D eigenvalue weighted by atomic mass is 19.1. The van der Waals surface area contributed by atoms with Crippen LogP contribution in [0.15, 0.2) is 12.1 Å². The van der Waals surface area contributed by atoms with Crippen molar-refractivity contribution in [3.8, 4) is 0 Å². The summed E-state index contributed by atoms with van der Waals surface area (Å²) in [5.41, 5.74) is 4.96. The molecule has 2 rings (SSSR count). The normalized spacial score (nSPS) is 17.3. The first-order valence-corrected chi connectivity index (χ1v) is 6.52. The highest BCUT2D eigenvalue weighted by Crippen LogP contribution is 2.31. The molecule has 0 radical (unpaired) electrons. The lowest BCUT2D eigenvalue weighted by Gasteiger charge is -2.43. The van der Waals surface area contributed by atoms with Gasteiger partial charge >= 0.3 is 5.97 Å². The minimum atomic E-state index is -0.928. The number of benzene rings is 1. The number of nitrogens with two attached hydrogens (primary N) is 1. The molecule has 0 aromatic heterocycles. The molecule has 7 heteroatoms. The van der Waals surface area contributed by atoms with Crippen LogP contribution in [0.3, 0.4) is 0 Å². The number of piperazine rings is 1. The molecule has 1 saturated heterocycles. The van der Waals surface area contributed by atoms with E-state index in [1.807, 2.05) is 0 Å². The van der Waals surface area contributed by atoms with Gasteiger partial charge in [0.15, 0.2) is 0 Å². The summed E-state index contributed by atoms with van der Waals surface area (Å²) in [6.07, 6.45) is 0. The molecule has 0 spiro atoms. The lowest BCUT2D eigenvalue weighted by atomic mass is 9.97. The third-order valence-corrected chi connectivity index (χ3v) is 3.67. The van der Waals surface area contributed by atoms with Crippen LogP contribution >= 0.6 is 0 Å². The van der Waals surface area contributed by atoms with E-state index in [1.165, 1.54) is 13.2 Å². The minimum absolute atomic E-state index is 0.00219. The summed E-state index contributed by atoms with van der Waals surface area (Å²) < 4.78 is 18.9.